The highest BCUT2D eigenvalue weighted by Crippen LogP contribution is 2.34. The number of nitrogens with zero attached hydrogens (tertiary/aromatic N) is 2. The number of rotatable bonds is 14. The Morgan fingerprint density at radius 2 is 1.77 bits per heavy atom. The van der Waals surface area contributed by atoms with E-state index in [1.54, 1.807) is 29.2 Å². The van der Waals surface area contributed by atoms with Crippen LogP contribution in [0.1, 0.15) is 51.5 Å². The van der Waals surface area contributed by atoms with Crippen LogP contribution in [0.5, 0.6) is 11.5 Å². The van der Waals surface area contributed by atoms with Gasteiger partial charge in [-0.3, -0.25) is 13.9 Å². The molecule has 0 saturated heterocycles. The van der Waals surface area contributed by atoms with E-state index in [0.29, 0.717) is 48.4 Å². The number of carbonyl (C=O) groups excluding carboxylic acids is 2. The average Bonchev–Trinajstić information content (AvgIpc) is 2.91. The standard InChI is InChI=1S/C28H38ClN3O6S/c1-4-6-15-30-28(34)24(5-2)31(20-21-10-7-8-11-23(21)29)27(33)12-9-16-32(39(3,35)36)22-13-14-25-26(19-22)38-18-17-37-25/h7-8,10-11,13-14,19,24H,4-6,9,12,15-18,20H2,1-3H3,(H,30,34). The maximum atomic E-state index is 13.6. The minimum Gasteiger partial charge on any atom is -0.486 e. The summed E-state index contributed by atoms with van der Waals surface area (Å²) in [5, 5.41) is 3.45. The van der Waals surface area contributed by atoms with E-state index < -0.39 is 16.1 Å². The normalized spacial score (nSPS) is 13.4. The quantitative estimate of drug-likeness (QED) is 0.333. The van der Waals surface area contributed by atoms with Gasteiger partial charge in [-0.05, 0) is 43.0 Å². The van der Waals surface area contributed by atoms with Crippen molar-refractivity contribution in [2.45, 2.75) is 58.5 Å². The minimum absolute atomic E-state index is 0.0553. The topological polar surface area (TPSA) is 105 Å². The number of halogens is 1. The maximum Gasteiger partial charge on any atom is 0.242 e. The Morgan fingerprint density at radius 3 is 2.44 bits per heavy atom. The zero-order valence-corrected chi connectivity index (χ0v) is 24.4. The number of hydrogen-bond acceptors (Lipinski definition) is 6. The maximum absolute atomic E-state index is 13.6. The number of anilines is 1. The lowest BCUT2D eigenvalue weighted by Gasteiger charge is -2.31. The van der Waals surface area contributed by atoms with Crippen molar-refractivity contribution in [2.75, 3.05) is 36.9 Å². The summed E-state index contributed by atoms with van der Waals surface area (Å²) >= 11 is 6.39. The van der Waals surface area contributed by atoms with Crippen molar-refractivity contribution in [1.82, 2.24) is 10.2 Å². The Bertz CT molecular complexity index is 1240. The van der Waals surface area contributed by atoms with Gasteiger partial charge in [-0.1, -0.05) is 50.1 Å². The van der Waals surface area contributed by atoms with Crippen molar-refractivity contribution >= 4 is 39.1 Å². The van der Waals surface area contributed by atoms with Crippen molar-refractivity contribution in [3.8, 4) is 11.5 Å². The first-order chi connectivity index (χ1) is 18.7. The first kappa shape index (κ1) is 30.6. The van der Waals surface area contributed by atoms with E-state index in [1.807, 2.05) is 32.0 Å². The van der Waals surface area contributed by atoms with Crippen molar-refractivity contribution in [3.05, 3.63) is 53.1 Å². The molecular formula is C28H38ClN3O6S. The van der Waals surface area contributed by atoms with E-state index >= 15 is 0 Å². The fraction of sp³-hybridized carbons (Fsp3) is 0.500. The van der Waals surface area contributed by atoms with E-state index in [-0.39, 0.29) is 37.7 Å². The summed E-state index contributed by atoms with van der Waals surface area (Å²) in [4.78, 5) is 28.1. The molecular weight excluding hydrogens is 542 g/mol. The molecule has 2 aromatic carbocycles. The van der Waals surface area contributed by atoms with Crippen LogP contribution in [-0.4, -0.2) is 63.7 Å². The van der Waals surface area contributed by atoms with Gasteiger partial charge in [0.2, 0.25) is 21.8 Å². The number of sulfonamides is 1. The second-order valence-electron chi connectivity index (χ2n) is 9.45. The third-order valence-corrected chi connectivity index (χ3v) is 8.04. The van der Waals surface area contributed by atoms with Gasteiger partial charge >= 0.3 is 0 Å². The van der Waals surface area contributed by atoms with E-state index in [1.165, 1.54) is 4.31 Å². The van der Waals surface area contributed by atoms with E-state index in [2.05, 4.69) is 5.32 Å². The van der Waals surface area contributed by atoms with Crippen LogP contribution in [0, 0.1) is 0 Å². The Labute approximate surface area is 236 Å². The van der Waals surface area contributed by atoms with E-state index in [4.69, 9.17) is 21.1 Å². The largest absolute Gasteiger partial charge is 0.486 e. The number of fused-ring (bicyclic) bond motifs is 1. The molecule has 3 rings (SSSR count). The molecule has 0 saturated carbocycles. The number of unbranched alkanes of at least 4 members (excludes halogenated alkanes) is 1. The number of ether oxygens (including phenoxy) is 2. The van der Waals surface area contributed by atoms with Crippen LogP contribution in [0.4, 0.5) is 5.69 Å². The molecule has 2 amide bonds. The summed E-state index contributed by atoms with van der Waals surface area (Å²) in [6.07, 6.45) is 3.66. The Hall–Kier alpha value is -2.98. The molecule has 0 aromatic heterocycles. The van der Waals surface area contributed by atoms with Gasteiger partial charge in [-0.15, -0.1) is 0 Å². The number of nitrogens with one attached hydrogen (secondary N) is 1. The minimum atomic E-state index is -3.63. The van der Waals surface area contributed by atoms with Crippen molar-refractivity contribution < 1.29 is 27.5 Å². The summed E-state index contributed by atoms with van der Waals surface area (Å²) in [5.41, 5.74) is 1.17. The molecule has 214 valence electrons. The van der Waals surface area contributed by atoms with Crippen LogP contribution in [0.3, 0.4) is 0 Å². The molecule has 1 atom stereocenters. The predicted octanol–water partition coefficient (Wildman–Crippen LogP) is 4.38. The lowest BCUT2D eigenvalue weighted by molar-refractivity contribution is -0.141. The molecule has 0 bridgehead atoms. The predicted molar refractivity (Wildman–Crippen MR) is 153 cm³/mol. The van der Waals surface area contributed by atoms with Gasteiger partial charge < -0.3 is 19.7 Å². The average molecular weight is 580 g/mol. The molecule has 1 unspecified atom stereocenters. The van der Waals surface area contributed by atoms with Crippen molar-refractivity contribution in [3.63, 3.8) is 0 Å². The smallest absolute Gasteiger partial charge is 0.242 e. The van der Waals surface area contributed by atoms with Gasteiger partial charge in [0, 0.05) is 37.1 Å². The van der Waals surface area contributed by atoms with Gasteiger partial charge in [-0.25, -0.2) is 8.42 Å². The fourth-order valence-corrected chi connectivity index (χ4v) is 5.58. The zero-order valence-electron chi connectivity index (χ0n) is 22.8. The Kier molecular flexibility index (Phi) is 11.3. The van der Waals surface area contributed by atoms with E-state index in [0.717, 1.165) is 24.7 Å². The lowest BCUT2D eigenvalue weighted by atomic mass is 10.1. The molecule has 0 spiro atoms. The molecule has 2 aromatic rings. The molecule has 0 fully saturated rings. The zero-order chi connectivity index (χ0) is 28.4. The third kappa shape index (κ3) is 8.50. The van der Waals surface area contributed by atoms with Crippen molar-refractivity contribution in [2.24, 2.45) is 0 Å². The van der Waals surface area contributed by atoms with Gasteiger partial charge in [0.15, 0.2) is 11.5 Å². The first-order valence-electron chi connectivity index (χ1n) is 13.3. The van der Waals surface area contributed by atoms with Crippen LogP contribution in [0.25, 0.3) is 0 Å². The summed E-state index contributed by atoms with van der Waals surface area (Å²) in [5.74, 6) is 0.587. The van der Waals surface area contributed by atoms with Gasteiger partial charge in [0.1, 0.15) is 19.3 Å². The molecule has 39 heavy (non-hydrogen) atoms. The van der Waals surface area contributed by atoms with Crippen LogP contribution < -0.4 is 19.1 Å². The SMILES string of the molecule is CCCCNC(=O)C(CC)N(Cc1ccccc1Cl)C(=O)CCCN(c1ccc2c(c1)OCCO2)S(C)(=O)=O. The molecule has 1 aliphatic rings. The summed E-state index contributed by atoms with van der Waals surface area (Å²) < 4.78 is 37.7. The summed E-state index contributed by atoms with van der Waals surface area (Å²) in [7, 11) is -3.63. The van der Waals surface area contributed by atoms with Gasteiger partial charge in [-0.2, -0.15) is 0 Å². The number of amides is 2. The highest BCUT2D eigenvalue weighted by Gasteiger charge is 2.29. The van der Waals surface area contributed by atoms with E-state index in [9.17, 15) is 18.0 Å². The van der Waals surface area contributed by atoms with Crippen LogP contribution >= 0.6 is 11.6 Å². The van der Waals surface area contributed by atoms with Gasteiger partial charge in [0.05, 0.1) is 11.9 Å². The monoisotopic (exact) mass is 579 g/mol. The number of hydrogen-bond donors (Lipinski definition) is 1. The second kappa shape index (κ2) is 14.4. The number of carbonyl (C=O) groups is 2. The molecule has 1 aliphatic heterocycles. The molecule has 0 aliphatic carbocycles. The molecule has 9 nitrogen and oxygen atoms in total. The molecule has 1 N–H and O–H groups in total. The van der Waals surface area contributed by atoms with Crippen LogP contribution in [0.2, 0.25) is 5.02 Å². The molecule has 1 heterocycles. The molecule has 11 heteroatoms. The third-order valence-electron chi connectivity index (χ3n) is 6.48. The van der Waals surface area contributed by atoms with Crippen LogP contribution in [0.15, 0.2) is 42.5 Å². The van der Waals surface area contributed by atoms with Gasteiger partial charge in [0.25, 0.3) is 0 Å². The summed E-state index contributed by atoms with van der Waals surface area (Å²) in [6.45, 7) is 5.53. The summed E-state index contributed by atoms with van der Waals surface area (Å²) in [6, 6.07) is 11.5. The number of benzene rings is 2. The Balaban J connectivity index is 1.76. The van der Waals surface area contributed by atoms with Crippen LogP contribution in [-0.2, 0) is 26.2 Å². The lowest BCUT2D eigenvalue weighted by Crippen LogP contribution is -2.49. The highest BCUT2D eigenvalue weighted by molar-refractivity contribution is 7.92. The second-order valence-corrected chi connectivity index (χ2v) is 11.8. The Morgan fingerprint density at radius 1 is 1.05 bits per heavy atom. The van der Waals surface area contributed by atoms with Crippen molar-refractivity contribution in [1.29, 1.82) is 0 Å². The highest BCUT2D eigenvalue weighted by atomic mass is 35.5. The molecule has 0 radical (unpaired) electrons. The fourth-order valence-electron chi connectivity index (χ4n) is 4.43. The first-order valence-corrected chi connectivity index (χ1v) is 15.6.